The van der Waals surface area contributed by atoms with Gasteiger partial charge in [0.1, 0.15) is 5.75 Å². The second kappa shape index (κ2) is 6.76. The van der Waals surface area contributed by atoms with Gasteiger partial charge in [0.05, 0.1) is 16.0 Å². The van der Waals surface area contributed by atoms with Gasteiger partial charge in [-0.2, -0.15) is 0 Å². The van der Waals surface area contributed by atoms with E-state index < -0.39 is 15.9 Å². The number of sulfone groups is 1. The molecular formula is C14H17BrClNO4S. The predicted molar refractivity (Wildman–Crippen MR) is 89.1 cm³/mol. The molecule has 122 valence electrons. The van der Waals surface area contributed by atoms with Crippen LogP contribution in [0.3, 0.4) is 0 Å². The number of hydrogen-bond donors (Lipinski definition) is 0. The summed E-state index contributed by atoms with van der Waals surface area (Å²) in [5.41, 5.74) is 0. The van der Waals surface area contributed by atoms with Gasteiger partial charge in [-0.05, 0) is 47.5 Å². The Morgan fingerprint density at radius 1 is 1.50 bits per heavy atom. The highest BCUT2D eigenvalue weighted by Gasteiger charge is 2.34. The van der Waals surface area contributed by atoms with Crippen LogP contribution in [0, 0.1) is 0 Å². The number of hydrogen-bond acceptors (Lipinski definition) is 4. The predicted octanol–water partition coefficient (Wildman–Crippen LogP) is 2.52. The molecule has 1 fully saturated rings. The zero-order valence-electron chi connectivity index (χ0n) is 12.3. The first kappa shape index (κ1) is 17.6. The van der Waals surface area contributed by atoms with Gasteiger partial charge in [0.15, 0.2) is 15.9 Å². The molecule has 1 amide bonds. The van der Waals surface area contributed by atoms with Crippen LogP contribution < -0.4 is 4.74 Å². The third kappa shape index (κ3) is 4.14. The van der Waals surface area contributed by atoms with Crippen molar-refractivity contribution in [2.75, 3.05) is 18.6 Å². The van der Waals surface area contributed by atoms with Crippen molar-refractivity contribution >= 4 is 43.3 Å². The fourth-order valence-electron chi connectivity index (χ4n) is 2.36. The summed E-state index contributed by atoms with van der Waals surface area (Å²) < 4.78 is 29.3. The zero-order chi connectivity index (χ0) is 16.5. The Balaban J connectivity index is 2.02. The molecule has 22 heavy (non-hydrogen) atoms. The van der Waals surface area contributed by atoms with Crippen molar-refractivity contribution in [1.29, 1.82) is 0 Å². The molecule has 0 spiro atoms. The normalized spacial score (nSPS) is 21.4. The second-order valence-corrected chi connectivity index (χ2v) is 8.86. The van der Waals surface area contributed by atoms with Crippen molar-refractivity contribution in [3.8, 4) is 5.75 Å². The standard InChI is InChI=1S/C14H17BrClNO4S/c1-9(21-13-4-3-10(16)7-12(13)15)14(18)17(2)11-5-6-22(19,20)8-11/h3-4,7,9,11H,5-6,8H2,1-2H3. The molecule has 0 N–H and O–H groups in total. The van der Waals surface area contributed by atoms with Crippen LogP contribution in [-0.2, 0) is 14.6 Å². The number of carbonyl (C=O) groups excluding carboxylic acids is 1. The van der Waals surface area contributed by atoms with Crippen molar-refractivity contribution in [2.24, 2.45) is 0 Å². The maximum Gasteiger partial charge on any atom is 0.263 e. The van der Waals surface area contributed by atoms with E-state index in [2.05, 4.69) is 15.9 Å². The van der Waals surface area contributed by atoms with Crippen molar-refractivity contribution < 1.29 is 17.9 Å². The summed E-state index contributed by atoms with van der Waals surface area (Å²) in [6, 6.07) is 4.75. The summed E-state index contributed by atoms with van der Waals surface area (Å²) in [5.74, 6) is 0.418. The van der Waals surface area contributed by atoms with Crippen LogP contribution in [0.1, 0.15) is 13.3 Å². The molecule has 1 aliphatic heterocycles. The molecule has 0 aromatic heterocycles. The Hall–Kier alpha value is -0.790. The monoisotopic (exact) mass is 409 g/mol. The number of nitrogens with zero attached hydrogens (tertiary/aromatic N) is 1. The summed E-state index contributed by atoms with van der Waals surface area (Å²) in [5, 5.41) is 0.562. The molecule has 2 atom stereocenters. The fourth-order valence-corrected chi connectivity index (χ4v) is 4.91. The lowest BCUT2D eigenvalue weighted by molar-refractivity contribution is -0.138. The van der Waals surface area contributed by atoms with Crippen molar-refractivity contribution in [2.45, 2.75) is 25.5 Å². The van der Waals surface area contributed by atoms with E-state index >= 15 is 0 Å². The second-order valence-electron chi connectivity index (χ2n) is 5.34. The minimum atomic E-state index is -3.03. The van der Waals surface area contributed by atoms with Gasteiger partial charge in [-0.25, -0.2) is 8.42 Å². The maximum atomic E-state index is 12.4. The van der Waals surface area contributed by atoms with E-state index in [1.165, 1.54) is 4.90 Å². The molecule has 1 heterocycles. The molecule has 1 saturated heterocycles. The number of amides is 1. The van der Waals surface area contributed by atoms with Gasteiger partial charge in [-0.1, -0.05) is 11.6 Å². The first-order valence-corrected chi connectivity index (χ1v) is 9.77. The number of benzene rings is 1. The van der Waals surface area contributed by atoms with Gasteiger partial charge in [0.2, 0.25) is 0 Å². The quantitative estimate of drug-likeness (QED) is 0.765. The highest BCUT2D eigenvalue weighted by Crippen LogP contribution is 2.29. The first-order valence-electron chi connectivity index (χ1n) is 6.78. The highest BCUT2D eigenvalue weighted by molar-refractivity contribution is 9.10. The third-order valence-electron chi connectivity index (χ3n) is 3.65. The Kier molecular flexibility index (Phi) is 5.40. The lowest BCUT2D eigenvalue weighted by Crippen LogP contribution is -2.44. The molecule has 1 aromatic carbocycles. The molecule has 2 rings (SSSR count). The van der Waals surface area contributed by atoms with Gasteiger partial charge in [0.25, 0.3) is 5.91 Å². The molecule has 0 radical (unpaired) electrons. The number of ether oxygens (including phenoxy) is 1. The van der Waals surface area contributed by atoms with Crippen LogP contribution in [-0.4, -0.2) is 49.9 Å². The van der Waals surface area contributed by atoms with Crippen LogP contribution in [0.2, 0.25) is 5.02 Å². The van der Waals surface area contributed by atoms with Gasteiger partial charge in [0, 0.05) is 18.1 Å². The van der Waals surface area contributed by atoms with Gasteiger partial charge >= 0.3 is 0 Å². The Bertz CT molecular complexity index is 679. The first-order chi connectivity index (χ1) is 10.2. The van der Waals surface area contributed by atoms with Crippen LogP contribution >= 0.6 is 27.5 Å². The Morgan fingerprint density at radius 3 is 2.73 bits per heavy atom. The Morgan fingerprint density at radius 2 is 2.18 bits per heavy atom. The Labute approximate surface area is 143 Å². The smallest absolute Gasteiger partial charge is 0.263 e. The van der Waals surface area contributed by atoms with E-state index in [1.54, 1.807) is 32.2 Å². The number of carbonyl (C=O) groups is 1. The molecule has 2 unspecified atom stereocenters. The van der Waals surface area contributed by atoms with E-state index in [0.29, 0.717) is 21.7 Å². The molecule has 0 saturated carbocycles. The summed E-state index contributed by atoms with van der Waals surface area (Å²) in [6.45, 7) is 1.64. The summed E-state index contributed by atoms with van der Waals surface area (Å²) in [7, 11) is -1.41. The topological polar surface area (TPSA) is 63.7 Å². The van der Waals surface area contributed by atoms with Crippen LogP contribution in [0.4, 0.5) is 0 Å². The van der Waals surface area contributed by atoms with Crippen molar-refractivity contribution in [3.63, 3.8) is 0 Å². The largest absolute Gasteiger partial charge is 0.480 e. The third-order valence-corrected chi connectivity index (χ3v) is 6.25. The summed E-state index contributed by atoms with van der Waals surface area (Å²) in [4.78, 5) is 13.9. The van der Waals surface area contributed by atoms with E-state index in [1.807, 2.05) is 0 Å². The van der Waals surface area contributed by atoms with E-state index in [-0.39, 0.29) is 23.5 Å². The molecule has 1 aliphatic rings. The van der Waals surface area contributed by atoms with Gasteiger partial charge in [-0.3, -0.25) is 4.79 Å². The number of likely N-dealkylation sites (N-methyl/N-ethyl adjacent to an activating group) is 1. The lowest BCUT2D eigenvalue weighted by Gasteiger charge is -2.27. The van der Waals surface area contributed by atoms with Crippen molar-refractivity contribution in [3.05, 3.63) is 27.7 Å². The highest BCUT2D eigenvalue weighted by atomic mass is 79.9. The molecule has 8 heteroatoms. The maximum absolute atomic E-state index is 12.4. The average molecular weight is 411 g/mol. The zero-order valence-corrected chi connectivity index (χ0v) is 15.4. The molecule has 0 bridgehead atoms. The molecule has 1 aromatic rings. The summed E-state index contributed by atoms with van der Waals surface area (Å²) in [6.07, 6.45) is -0.243. The fraction of sp³-hybridized carbons (Fsp3) is 0.500. The number of halogens is 2. The minimum Gasteiger partial charge on any atom is -0.480 e. The van der Waals surface area contributed by atoms with E-state index in [9.17, 15) is 13.2 Å². The molecular weight excluding hydrogens is 394 g/mol. The van der Waals surface area contributed by atoms with Gasteiger partial charge < -0.3 is 9.64 Å². The van der Waals surface area contributed by atoms with Gasteiger partial charge in [-0.15, -0.1) is 0 Å². The lowest BCUT2D eigenvalue weighted by atomic mass is 10.2. The summed E-state index contributed by atoms with van der Waals surface area (Å²) >= 11 is 9.19. The number of rotatable bonds is 4. The van der Waals surface area contributed by atoms with Crippen LogP contribution in [0.15, 0.2) is 22.7 Å². The van der Waals surface area contributed by atoms with E-state index in [4.69, 9.17) is 16.3 Å². The van der Waals surface area contributed by atoms with Crippen molar-refractivity contribution in [1.82, 2.24) is 4.90 Å². The van der Waals surface area contributed by atoms with Crippen LogP contribution in [0.5, 0.6) is 5.75 Å². The van der Waals surface area contributed by atoms with E-state index in [0.717, 1.165) is 0 Å². The SMILES string of the molecule is CC(Oc1ccc(Cl)cc1Br)C(=O)N(C)C1CCS(=O)(=O)C1. The van der Waals surface area contributed by atoms with Crippen LogP contribution in [0.25, 0.3) is 0 Å². The molecule has 5 nitrogen and oxygen atoms in total. The average Bonchev–Trinajstić information content (AvgIpc) is 2.80. The minimum absolute atomic E-state index is 0.0204. The molecule has 0 aliphatic carbocycles.